The van der Waals surface area contributed by atoms with Crippen LogP contribution in [0, 0.1) is 6.92 Å². The van der Waals surface area contributed by atoms with Gasteiger partial charge in [-0.3, -0.25) is 14.3 Å². The topological polar surface area (TPSA) is 80.1 Å². The van der Waals surface area contributed by atoms with E-state index in [0.29, 0.717) is 25.2 Å². The van der Waals surface area contributed by atoms with Gasteiger partial charge in [0.1, 0.15) is 17.2 Å². The molecule has 37 heavy (non-hydrogen) atoms. The van der Waals surface area contributed by atoms with Crippen LogP contribution in [0.3, 0.4) is 0 Å². The van der Waals surface area contributed by atoms with E-state index < -0.39 is 11.9 Å². The number of carbonyl (C=O) groups excluding carboxylic acids is 2. The molecule has 5 rings (SSSR count). The lowest BCUT2D eigenvalue weighted by Crippen LogP contribution is -2.37. The molecule has 0 radical (unpaired) electrons. The average Bonchev–Trinajstić information content (AvgIpc) is 3.52. The number of nitrogens with zero attached hydrogens (tertiary/aromatic N) is 4. The van der Waals surface area contributed by atoms with E-state index in [9.17, 15) is 22.8 Å². The van der Waals surface area contributed by atoms with Gasteiger partial charge in [0, 0.05) is 24.2 Å². The minimum atomic E-state index is -4.55. The quantitative estimate of drug-likeness (QED) is 0.516. The normalized spacial score (nSPS) is 17.8. The van der Waals surface area contributed by atoms with Crippen LogP contribution in [0.1, 0.15) is 63.3 Å². The van der Waals surface area contributed by atoms with E-state index >= 15 is 0 Å². The van der Waals surface area contributed by atoms with Gasteiger partial charge >= 0.3 is 6.18 Å². The summed E-state index contributed by atoms with van der Waals surface area (Å²) in [7, 11) is 0. The number of hydrogen-bond donors (Lipinski definition) is 1. The number of benzene rings is 1. The number of nitrogens with one attached hydrogen (secondary N) is 1. The number of halogens is 3. The Morgan fingerprint density at radius 1 is 1.22 bits per heavy atom. The fraction of sp³-hybridized carbons (Fsp3) is 0.385. The Labute approximate surface area is 216 Å². The first kappa shape index (κ1) is 25.2. The van der Waals surface area contributed by atoms with E-state index in [1.165, 1.54) is 23.8 Å². The second-order valence-electron chi connectivity index (χ2n) is 9.30. The molecule has 0 saturated heterocycles. The molecule has 0 spiro atoms. The summed E-state index contributed by atoms with van der Waals surface area (Å²) in [5.74, 6) is -0.507. The number of hydrogen-bond acceptors (Lipinski definition) is 5. The Hall–Kier alpha value is -3.47. The maximum absolute atomic E-state index is 12.9. The Morgan fingerprint density at radius 2 is 2.03 bits per heavy atom. The third-order valence-electron chi connectivity index (χ3n) is 6.80. The molecule has 1 N–H and O–H groups in total. The predicted molar refractivity (Wildman–Crippen MR) is 133 cm³/mol. The van der Waals surface area contributed by atoms with Gasteiger partial charge in [0.2, 0.25) is 5.91 Å². The monoisotopic (exact) mass is 529 g/mol. The zero-order valence-electron chi connectivity index (χ0n) is 20.2. The van der Waals surface area contributed by atoms with Gasteiger partial charge in [0.25, 0.3) is 5.91 Å². The molecule has 11 heteroatoms. The highest BCUT2D eigenvalue weighted by Gasteiger charge is 2.35. The molecule has 2 aromatic heterocycles. The first-order valence-electron chi connectivity index (χ1n) is 12.1. The van der Waals surface area contributed by atoms with E-state index in [4.69, 9.17) is 0 Å². The summed E-state index contributed by atoms with van der Waals surface area (Å²) < 4.78 is 39.8. The number of alkyl halides is 3. The Balaban J connectivity index is 1.19. The summed E-state index contributed by atoms with van der Waals surface area (Å²) in [6.07, 6.45) is 0.818. The first-order chi connectivity index (χ1) is 17.7. The third kappa shape index (κ3) is 5.46. The Kier molecular flexibility index (Phi) is 6.89. The van der Waals surface area contributed by atoms with Crippen LogP contribution in [0.15, 0.2) is 41.8 Å². The summed E-state index contributed by atoms with van der Waals surface area (Å²) in [6, 6.07) is 9.09. The molecule has 0 unspecified atom stereocenters. The Bertz CT molecular complexity index is 1360. The van der Waals surface area contributed by atoms with E-state index in [2.05, 4.69) is 27.5 Å². The lowest BCUT2D eigenvalue weighted by atomic mass is 9.88. The van der Waals surface area contributed by atoms with Gasteiger partial charge in [-0.25, -0.2) is 4.98 Å². The van der Waals surface area contributed by atoms with Crippen molar-refractivity contribution in [1.82, 2.24) is 25.0 Å². The standard InChI is InChI=1S/C26H26F3N5O2S/c1-16-13-22(26(27,28)29)32-34(16)14-23(35)33-11-9-18(10-12-33)25-31-21(15-37-25)24(36)30-20-8-4-6-17-5-2-3-7-19(17)20/h2-3,5,7,9,13,15,20H,4,6,8,10-12,14H2,1H3,(H,30,36)/t20-/m1/s1. The van der Waals surface area contributed by atoms with E-state index in [0.717, 1.165) is 46.2 Å². The van der Waals surface area contributed by atoms with Gasteiger partial charge in [-0.05, 0) is 55.4 Å². The van der Waals surface area contributed by atoms with Crippen LogP contribution in [-0.4, -0.2) is 44.6 Å². The lowest BCUT2D eigenvalue weighted by Gasteiger charge is -2.26. The molecule has 1 atom stereocenters. The highest BCUT2D eigenvalue weighted by Crippen LogP contribution is 2.31. The van der Waals surface area contributed by atoms with Crippen molar-refractivity contribution in [3.05, 3.63) is 75.0 Å². The molecule has 1 aliphatic heterocycles. The molecule has 194 valence electrons. The molecular formula is C26H26F3N5O2S. The van der Waals surface area contributed by atoms with Crippen molar-refractivity contribution < 1.29 is 22.8 Å². The van der Waals surface area contributed by atoms with Crippen molar-refractivity contribution in [2.75, 3.05) is 13.1 Å². The molecule has 0 saturated carbocycles. The summed E-state index contributed by atoms with van der Waals surface area (Å²) in [6.45, 7) is 1.97. The fourth-order valence-electron chi connectivity index (χ4n) is 4.79. The SMILES string of the molecule is Cc1cc(C(F)(F)F)nn1CC(=O)N1CC=C(c2nc(C(=O)N[C@@H]3CCCc4ccccc43)cs2)CC1. The number of carbonyl (C=O) groups is 2. The summed E-state index contributed by atoms with van der Waals surface area (Å²) >= 11 is 1.39. The van der Waals surface area contributed by atoms with Gasteiger partial charge < -0.3 is 10.2 Å². The predicted octanol–water partition coefficient (Wildman–Crippen LogP) is 4.79. The van der Waals surface area contributed by atoms with Crippen molar-refractivity contribution in [2.45, 2.75) is 51.4 Å². The molecule has 3 heterocycles. The van der Waals surface area contributed by atoms with Crippen LogP contribution in [0.25, 0.3) is 5.57 Å². The molecule has 2 amide bonds. The number of thiazole rings is 1. The van der Waals surface area contributed by atoms with E-state index in [1.54, 1.807) is 10.3 Å². The van der Waals surface area contributed by atoms with Crippen LogP contribution < -0.4 is 5.32 Å². The smallest absolute Gasteiger partial charge is 0.344 e. The second kappa shape index (κ2) is 10.1. The molecule has 7 nitrogen and oxygen atoms in total. The van der Waals surface area contributed by atoms with Gasteiger partial charge in [-0.2, -0.15) is 18.3 Å². The van der Waals surface area contributed by atoms with Crippen LogP contribution in [0.2, 0.25) is 0 Å². The maximum atomic E-state index is 12.9. The van der Waals surface area contributed by atoms with Crippen LogP contribution >= 0.6 is 11.3 Å². The maximum Gasteiger partial charge on any atom is 0.435 e. The van der Waals surface area contributed by atoms with E-state index in [-0.39, 0.29) is 30.1 Å². The summed E-state index contributed by atoms with van der Waals surface area (Å²) in [5.41, 5.74) is 3.03. The molecule has 1 aliphatic carbocycles. The molecular weight excluding hydrogens is 503 g/mol. The number of aryl methyl sites for hydroxylation is 2. The zero-order chi connectivity index (χ0) is 26.2. The van der Waals surface area contributed by atoms with E-state index in [1.807, 2.05) is 18.2 Å². The summed E-state index contributed by atoms with van der Waals surface area (Å²) in [4.78, 5) is 31.7. The number of fused-ring (bicyclic) bond motifs is 1. The van der Waals surface area contributed by atoms with Crippen molar-refractivity contribution >= 4 is 28.7 Å². The minimum absolute atomic E-state index is 0.0262. The van der Waals surface area contributed by atoms with Crippen LogP contribution in [-0.2, 0) is 23.9 Å². The van der Waals surface area contributed by atoms with Gasteiger partial charge in [0.05, 0.1) is 6.04 Å². The summed E-state index contributed by atoms with van der Waals surface area (Å²) in [5, 5.41) is 9.14. The first-order valence-corrected chi connectivity index (χ1v) is 13.0. The Morgan fingerprint density at radius 3 is 2.76 bits per heavy atom. The molecule has 1 aromatic carbocycles. The van der Waals surface area contributed by atoms with Crippen molar-refractivity contribution in [1.29, 1.82) is 0 Å². The van der Waals surface area contributed by atoms with Crippen LogP contribution in [0.4, 0.5) is 13.2 Å². The second-order valence-corrected chi connectivity index (χ2v) is 10.2. The molecule has 0 bridgehead atoms. The van der Waals surface area contributed by atoms with Gasteiger partial charge in [-0.1, -0.05) is 30.3 Å². The minimum Gasteiger partial charge on any atom is -0.344 e. The number of amides is 2. The van der Waals surface area contributed by atoms with Gasteiger partial charge in [0.15, 0.2) is 5.69 Å². The highest BCUT2D eigenvalue weighted by atomic mass is 32.1. The molecule has 2 aliphatic rings. The van der Waals surface area contributed by atoms with Crippen molar-refractivity contribution in [3.63, 3.8) is 0 Å². The number of rotatable bonds is 5. The van der Waals surface area contributed by atoms with Crippen molar-refractivity contribution in [2.24, 2.45) is 0 Å². The molecule has 3 aromatic rings. The van der Waals surface area contributed by atoms with Crippen molar-refractivity contribution in [3.8, 4) is 0 Å². The highest BCUT2D eigenvalue weighted by molar-refractivity contribution is 7.11. The third-order valence-corrected chi connectivity index (χ3v) is 7.72. The largest absolute Gasteiger partial charge is 0.435 e. The fourth-order valence-corrected chi connectivity index (χ4v) is 5.66. The lowest BCUT2D eigenvalue weighted by molar-refractivity contribution is -0.142. The average molecular weight is 530 g/mol. The van der Waals surface area contributed by atoms with Gasteiger partial charge in [-0.15, -0.1) is 11.3 Å². The van der Waals surface area contributed by atoms with Crippen LogP contribution in [0.5, 0.6) is 0 Å². The molecule has 0 fully saturated rings. The zero-order valence-corrected chi connectivity index (χ0v) is 21.0. The number of aromatic nitrogens is 3.